The molecule has 0 spiro atoms. The molecule has 0 saturated heterocycles. The average molecular weight is 259 g/mol. The van der Waals surface area contributed by atoms with Gasteiger partial charge in [-0.05, 0) is 25.1 Å². The van der Waals surface area contributed by atoms with E-state index in [1.807, 2.05) is 0 Å². The molecule has 6 nitrogen and oxygen atoms in total. The van der Waals surface area contributed by atoms with Crippen molar-refractivity contribution in [1.29, 1.82) is 0 Å². The quantitative estimate of drug-likeness (QED) is 0.737. The Morgan fingerprint density at radius 1 is 1.53 bits per heavy atom. The number of nitrogens with one attached hydrogen (secondary N) is 1. The summed E-state index contributed by atoms with van der Waals surface area (Å²) in [6, 6.07) is 3.15. The van der Waals surface area contributed by atoms with E-state index in [1.165, 1.54) is 13.0 Å². The monoisotopic (exact) mass is 259 g/mol. The van der Waals surface area contributed by atoms with Crippen LogP contribution in [0.4, 0.5) is 0 Å². The van der Waals surface area contributed by atoms with Crippen molar-refractivity contribution in [3.63, 3.8) is 0 Å². The summed E-state index contributed by atoms with van der Waals surface area (Å²) in [5, 5.41) is 8.40. The summed E-state index contributed by atoms with van der Waals surface area (Å²) in [6.45, 7) is 1.59. The highest BCUT2D eigenvalue weighted by Gasteiger charge is 2.07. The molecule has 0 fully saturated rings. The molecule has 0 aromatic carbocycles. The van der Waals surface area contributed by atoms with E-state index in [9.17, 15) is 13.2 Å². The third kappa shape index (κ3) is 4.83. The molecule has 0 amide bonds. The van der Waals surface area contributed by atoms with Gasteiger partial charge in [0.05, 0.1) is 12.3 Å². The third-order valence-electron chi connectivity index (χ3n) is 1.92. The van der Waals surface area contributed by atoms with Crippen molar-refractivity contribution in [2.75, 3.05) is 5.75 Å². The largest absolute Gasteiger partial charge is 0.478 e. The van der Waals surface area contributed by atoms with Gasteiger partial charge < -0.3 is 9.52 Å². The van der Waals surface area contributed by atoms with Gasteiger partial charge in [-0.1, -0.05) is 0 Å². The van der Waals surface area contributed by atoms with Crippen LogP contribution in [-0.2, 0) is 21.4 Å². The van der Waals surface area contributed by atoms with Gasteiger partial charge in [0.2, 0.25) is 10.0 Å². The lowest BCUT2D eigenvalue weighted by Gasteiger charge is -2.00. The zero-order chi connectivity index (χ0) is 12.9. The number of rotatable bonds is 6. The highest BCUT2D eigenvalue weighted by atomic mass is 32.2. The molecule has 0 atom stereocenters. The van der Waals surface area contributed by atoms with Gasteiger partial charge >= 0.3 is 5.97 Å². The summed E-state index contributed by atoms with van der Waals surface area (Å²) >= 11 is 0. The molecular formula is C10H13NO5S. The summed E-state index contributed by atoms with van der Waals surface area (Å²) in [7, 11) is -3.26. The van der Waals surface area contributed by atoms with Gasteiger partial charge in [-0.2, -0.15) is 0 Å². The van der Waals surface area contributed by atoms with E-state index in [1.54, 1.807) is 12.1 Å². The second-order valence-corrected chi connectivity index (χ2v) is 5.30. The minimum Gasteiger partial charge on any atom is -0.478 e. The summed E-state index contributed by atoms with van der Waals surface area (Å²) in [5.41, 5.74) is 0. The lowest BCUT2D eigenvalue weighted by molar-refractivity contribution is -0.131. The van der Waals surface area contributed by atoms with E-state index in [0.717, 1.165) is 6.08 Å². The molecule has 0 saturated carbocycles. The van der Waals surface area contributed by atoms with E-state index >= 15 is 0 Å². The van der Waals surface area contributed by atoms with Crippen LogP contribution >= 0.6 is 0 Å². The maximum atomic E-state index is 11.1. The number of furan rings is 1. The molecule has 1 heterocycles. The number of carbonyl (C=O) groups is 1. The molecule has 0 bridgehead atoms. The molecule has 1 aromatic rings. The Morgan fingerprint density at radius 3 is 2.82 bits per heavy atom. The summed E-state index contributed by atoms with van der Waals surface area (Å²) in [4.78, 5) is 10.3. The molecule has 0 aliphatic heterocycles. The molecule has 94 valence electrons. The highest BCUT2D eigenvalue weighted by molar-refractivity contribution is 7.89. The number of aliphatic carboxylic acids is 1. The Balaban J connectivity index is 2.60. The normalized spacial score (nSPS) is 12.1. The summed E-state index contributed by atoms with van der Waals surface area (Å²) in [6.07, 6.45) is 2.24. The average Bonchev–Trinajstić information content (AvgIpc) is 2.72. The molecule has 7 heteroatoms. The van der Waals surface area contributed by atoms with E-state index < -0.39 is 16.0 Å². The predicted octanol–water partition coefficient (Wildman–Crippen LogP) is 0.817. The van der Waals surface area contributed by atoms with Crippen molar-refractivity contribution in [1.82, 2.24) is 4.72 Å². The fourth-order valence-corrected chi connectivity index (χ4v) is 1.58. The molecule has 0 unspecified atom stereocenters. The summed E-state index contributed by atoms with van der Waals surface area (Å²) < 4.78 is 29.8. The fourth-order valence-electron chi connectivity index (χ4n) is 1.02. The van der Waals surface area contributed by atoms with Gasteiger partial charge in [0.1, 0.15) is 11.5 Å². The number of hydrogen-bond donors (Lipinski definition) is 2. The van der Waals surface area contributed by atoms with E-state index in [4.69, 9.17) is 9.52 Å². The zero-order valence-corrected chi connectivity index (χ0v) is 10.0. The van der Waals surface area contributed by atoms with Crippen molar-refractivity contribution < 1.29 is 22.7 Å². The Hall–Kier alpha value is -1.60. The molecular weight excluding hydrogens is 246 g/mol. The van der Waals surface area contributed by atoms with Crippen LogP contribution in [-0.4, -0.2) is 25.2 Å². The Kier molecular flexibility index (Phi) is 4.47. The first-order chi connectivity index (χ1) is 7.93. The topological polar surface area (TPSA) is 96.6 Å². The van der Waals surface area contributed by atoms with Crippen LogP contribution in [0.5, 0.6) is 0 Å². The molecule has 0 aliphatic rings. The van der Waals surface area contributed by atoms with Crippen LogP contribution in [0.15, 0.2) is 22.6 Å². The predicted molar refractivity (Wildman–Crippen MR) is 61.7 cm³/mol. The molecule has 1 rings (SSSR count). The number of carboxylic acid groups (broad SMARTS) is 1. The van der Waals surface area contributed by atoms with Gasteiger partial charge in [-0.25, -0.2) is 17.9 Å². The molecule has 17 heavy (non-hydrogen) atoms. The maximum Gasteiger partial charge on any atom is 0.328 e. The highest BCUT2D eigenvalue weighted by Crippen LogP contribution is 2.09. The zero-order valence-electron chi connectivity index (χ0n) is 9.21. The van der Waals surface area contributed by atoms with Crippen molar-refractivity contribution in [2.45, 2.75) is 13.5 Å². The van der Waals surface area contributed by atoms with Gasteiger partial charge in [0.15, 0.2) is 0 Å². The third-order valence-corrected chi connectivity index (χ3v) is 3.26. The first kappa shape index (κ1) is 13.5. The van der Waals surface area contributed by atoms with Crippen molar-refractivity contribution >= 4 is 22.1 Å². The van der Waals surface area contributed by atoms with Gasteiger partial charge in [0, 0.05) is 6.08 Å². The molecule has 0 aliphatic carbocycles. The van der Waals surface area contributed by atoms with Crippen LogP contribution < -0.4 is 4.72 Å². The first-order valence-electron chi connectivity index (χ1n) is 4.90. The van der Waals surface area contributed by atoms with Crippen molar-refractivity contribution in [3.8, 4) is 0 Å². The second-order valence-electron chi connectivity index (χ2n) is 3.20. The standard InChI is InChI=1S/C10H13NO5S/c1-2-17(14,15)11-7-9-4-3-8(16-9)5-6-10(12)13/h3-6,11H,2,7H2,1H3,(H,12,13). The van der Waals surface area contributed by atoms with Crippen LogP contribution in [0.2, 0.25) is 0 Å². The van der Waals surface area contributed by atoms with E-state index in [-0.39, 0.29) is 12.3 Å². The minimum atomic E-state index is -3.26. The number of sulfonamides is 1. The van der Waals surface area contributed by atoms with Crippen molar-refractivity contribution in [3.05, 3.63) is 29.7 Å². The van der Waals surface area contributed by atoms with Crippen LogP contribution in [0.1, 0.15) is 18.4 Å². The number of hydrogen-bond acceptors (Lipinski definition) is 4. The van der Waals surface area contributed by atoms with Crippen LogP contribution in [0, 0.1) is 0 Å². The Labute approximate surface area is 99.0 Å². The van der Waals surface area contributed by atoms with Crippen molar-refractivity contribution in [2.24, 2.45) is 0 Å². The summed E-state index contributed by atoms with van der Waals surface area (Å²) in [5.74, 6) is -0.292. The fraction of sp³-hybridized carbons (Fsp3) is 0.300. The van der Waals surface area contributed by atoms with Gasteiger partial charge in [-0.3, -0.25) is 0 Å². The Morgan fingerprint density at radius 2 is 2.24 bits per heavy atom. The number of carboxylic acids is 1. The van der Waals surface area contributed by atoms with Crippen LogP contribution in [0.25, 0.3) is 6.08 Å². The molecule has 0 radical (unpaired) electrons. The smallest absolute Gasteiger partial charge is 0.328 e. The van der Waals surface area contributed by atoms with Crippen LogP contribution in [0.3, 0.4) is 0 Å². The van der Waals surface area contributed by atoms with Gasteiger partial charge in [-0.15, -0.1) is 0 Å². The molecule has 1 aromatic heterocycles. The van der Waals surface area contributed by atoms with E-state index in [0.29, 0.717) is 11.5 Å². The molecule has 2 N–H and O–H groups in total. The maximum absolute atomic E-state index is 11.1. The SMILES string of the molecule is CCS(=O)(=O)NCc1ccc(C=CC(=O)O)o1. The first-order valence-corrected chi connectivity index (χ1v) is 6.55. The minimum absolute atomic E-state index is 0.000513. The van der Waals surface area contributed by atoms with E-state index in [2.05, 4.69) is 4.72 Å². The second kappa shape index (κ2) is 5.65. The van der Waals surface area contributed by atoms with Gasteiger partial charge in [0.25, 0.3) is 0 Å². The lowest BCUT2D eigenvalue weighted by atomic mass is 10.4. The lowest BCUT2D eigenvalue weighted by Crippen LogP contribution is -2.24. The Bertz CT molecular complexity index is 515.